The average Bonchev–Trinajstić information content (AvgIpc) is 3.20. The van der Waals surface area contributed by atoms with Crippen molar-refractivity contribution in [3.63, 3.8) is 0 Å². The van der Waals surface area contributed by atoms with Gasteiger partial charge in [-0.2, -0.15) is 5.10 Å². The second-order valence-corrected chi connectivity index (χ2v) is 7.48. The van der Waals surface area contributed by atoms with Gasteiger partial charge in [0.2, 0.25) is 0 Å². The van der Waals surface area contributed by atoms with E-state index >= 15 is 0 Å². The first kappa shape index (κ1) is 17.3. The molecular weight excluding hydrogens is 346 g/mol. The molecule has 1 unspecified atom stereocenters. The van der Waals surface area contributed by atoms with E-state index in [1.165, 1.54) is 4.88 Å². The fourth-order valence-corrected chi connectivity index (χ4v) is 3.85. The maximum atomic E-state index is 5.97. The van der Waals surface area contributed by atoms with E-state index in [1.807, 2.05) is 32.6 Å². The van der Waals surface area contributed by atoms with Crippen molar-refractivity contribution in [3.8, 4) is 0 Å². The molecule has 8 heteroatoms. The van der Waals surface area contributed by atoms with Crippen LogP contribution in [0, 0.1) is 0 Å². The van der Waals surface area contributed by atoms with E-state index in [1.54, 1.807) is 16.0 Å². The van der Waals surface area contributed by atoms with Crippen molar-refractivity contribution >= 4 is 28.9 Å². The molecule has 24 heavy (non-hydrogen) atoms. The molecule has 3 rings (SSSR count). The molecular formula is C16H22ClN5OS. The number of rotatable bonds is 4. The highest BCUT2D eigenvalue weighted by Gasteiger charge is 2.25. The molecule has 0 amide bonds. The van der Waals surface area contributed by atoms with Crippen LogP contribution < -0.4 is 5.32 Å². The number of aliphatic imine (C=N–C) groups is 1. The molecule has 0 aliphatic carbocycles. The first-order chi connectivity index (χ1) is 11.7. The molecule has 0 bridgehead atoms. The van der Waals surface area contributed by atoms with E-state index in [0.717, 1.165) is 41.9 Å². The normalized spacial score (nSPS) is 18.9. The van der Waals surface area contributed by atoms with Crippen LogP contribution >= 0.6 is 22.9 Å². The van der Waals surface area contributed by atoms with Gasteiger partial charge in [0.1, 0.15) is 6.10 Å². The highest BCUT2D eigenvalue weighted by atomic mass is 35.5. The van der Waals surface area contributed by atoms with E-state index in [-0.39, 0.29) is 6.10 Å². The first-order valence-electron chi connectivity index (χ1n) is 7.95. The Balaban J connectivity index is 1.54. The minimum absolute atomic E-state index is 0.0297. The van der Waals surface area contributed by atoms with Crippen molar-refractivity contribution in [2.24, 2.45) is 12.0 Å². The minimum Gasteiger partial charge on any atom is -0.370 e. The van der Waals surface area contributed by atoms with E-state index in [2.05, 4.69) is 26.4 Å². The molecule has 130 valence electrons. The van der Waals surface area contributed by atoms with Gasteiger partial charge in [-0.15, -0.1) is 11.3 Å². The van der Waals surface area contributed by atoms with Crippen molar-refractivity contribution in [3.05, 3.63) is 39.3 Å². The second kappa shape index (κ2) is 8.00. The SMILES string of the molecule is CN=C(NCCc1ccc(Cl)s1)N1CCOC(c2cnn(C)c2)C1. The van der Waals surface area contributed by atoms with Gasteiger partial charge in [-0.05, 0) is 18.6 Å². The summed E-state index contributed by atoms with van der Waals surface area (Å²) >= 11 is 7.60. The molecule has 2 aromatic heterocycles. The molecule has 0 spiro atoms. The van der Waals surface area contributed by atoms with Gasteiger partial charge in [-0.25, -0.2) is 0 Å². The zero-order valence-corrected chi connectivity index (χ0v) is 15.5. The van der Waals surface area contributed by atoms with Gasteiger partial charge < -0.3 is 15.0 Å². The van der Waals surface area contributed by atoms with E-state index < -0.39 is 0 Å². The van der Waals surface area contributed by atoms with Crippen LogP contribution in [0.4, 0.5) is 0 Å². The number of hydrogen-bond donors (Lipinski definition) is 1. The summed E-state index contributed by atoms with van der Waals surface area (Å²) in [5.41, 5.74) is 1.10. The molecule has 3 heterocycles. The fourth-order valence-electron chi connectivity index (χ4n) is 2.77. The Kier molecular flexibility index (Phi) is 5.76. The van der Waals surface area contributed by atoms with Crippen LogP contribution in [0.3, 0.4) is 0 Å². The van der Waals surface area contributed by atoms with Crippen LogP contribution in [0.25, 0.3) is 0 Å². The number of halogens is 1. The second-order valence-electron chi connectivity index (χ2n) is 5.68. The lowest BCUT2D eigenvalue weighted by atomic mass is 10.1. The molecule has 0 radical (unpaired) electrons. The summed E-state index contributed by atoms with van der Waals surface area (Å²) < 4.78 is 8.53. The van der Waals surface area contributed by atoms with Crippen LogP contribution in [0.1, 0.15) is 16.5 Å². The van der Waals surface area contributed by atoms with Gasteiger partial charge in [0.25, 0.3) is 0 Å². The van der Waals surface area contributed by atoms with Gasteiger partial charge in [-0.3, -0.25) is 9.67 Å². The van der Waals surface area contributed by atoms with Crippen LogP contribution in [-0.2, 0) is 18.2 Å². The zero-order valence-electron chi connectivity index (χ0n) is 13.9. The van der Waals surface area contributed by atoms with Gasteiger partial charge in [0.05, 0.1) is 23.7 Å². The molecule has 6 nitrogen and oxygen atoms in total. The zero-order chi connectivity index (χ0) is 16.9. The van der Waals surface area contributed by atoms with Gasteiger partial charge >= 0.3 is 0 Å². The summed E-state index contributed by atoms with van der Waals surface area (Å²) in [4.78, 5) is 7.93. The Morgan fingerprint density at radius 2 is 2.42 bits per heavy atom. The lowest BCUT2D eigenvalue weighted by molar-refractivity contribution is -0.00800. The lowest BCUT2D eigenvalue weighted by Crippen LogP contribution is -2.48. The number of ether oxygens (including phenoxy) is 1. The predicted molar refractivity (Wildman–Crippen MR) is 97.9 cm³/mol. The van der Waals surface area contributed by atoms with Crippen molar-refractivity contribution in [1.82, 2.24) is 20.0 Å². The molecule has 1 saturated heterocycles. The summed E-state index contributed by atoms with van der Waals surface area (Å²) in [5, 5.41) is 7.67. The Morgan fingerprint density at radius 1 is 1.54 bits per heavy atom. The van der Waals surface area contributed by atoms with E-state index in [0.29, 0.717) is 6.61 Å². The topological polar surface area (TPSA) is 54.7 Å². The van der Waals surface area contributed by atoms with Crippen LogP contribution in [0.15, 0.2) is 29.5 Å². The van der Waals surface area contributed by atoms with Crippen molar-refractivity contribution in [1.29, 1.82) is 0 Å². The smallest absolute Gasteiger partial charge is 0.193 e. The molecule has 1 aliphatic heterocycles. The minimum atomic E-state index is 0.0297. The molecule has 1 fully saturated rings. The number of thiophene rings is 1. The quantitative estimate of drug-likeness (QED) is 0.665. The van der Waals surface area contributed by atoms with Gasteiger partial charge in [0, 0.05) is 43.8 Å². The maximum Gasteiger partial charge on any atom is 0.193 e. The number of hydrogen-bond acceptors (Lipinski definition) is 4. The Morgan fingerprint density at radius 3 is 3.08 bits per heavy atom. The summed E-state index contributed by atoms with van der Waals surface area (Å²) in [6, 6.07) is 4.02. The molecule has 0 aromatic carbocycles. The summed E-state index contributed by atoms with van der Waals surface area (Å²) in [6.07, 6.45) is 4.84. The highest BCUT2D eigenvalue weighted by molar-refractivity contribution is 7.16. The maximum absolute atomic E-state index is 5.97. The van der Waals surface area contributed by atoms with Crippen LogP contribution in [0.5, 0.6) is 0 Å². The number of guanidine groups is 1. The third kappa shape index (κ3) is 4.28. The van der Waals surface area contributed by atoms with E-state index in [4.69, 9.17) is 16.3 Å². The standard InChI is InChI=1S/C16H22ClN5OS/c1-18-16(19-6-5-13-3-4-15(17)24-13)22-7-8-23-14(11-22)12-9-20-21(2)10-12/h3-4,9-10,14H,5-8,11H2,1-2H3,(H,18,19). The first-order valence-corrected chi connectivity index (χ1v) is 9.15. The summed E-state index contributed by atoms with van der Waals surface area (Å²) in [5.74, 6) is 0.912. The van der Waals surface area contributed by atoms with Gasteiger partial charge in [-0.1, -0.05) is 11.6 Å². The highest BCUT2D eigenvalue weighted by Crippen LogP contribution is 2.22. The van der Waals surface area contributed by atoms with Crippen molar-refractivity contribution in [2.75, 3.05) is 33.3 Å². The third-order valence-electron chi connectivity index (χ3n) is 3.96. The monoisotopic (exact) mass is 367 g/mol. The average molecular weight is 368 g/mol. The Hall–Kier alpha value is -1.57. The van der Waals surface area contributed by atoms with Crippen molar-refractivity contribution < 1.29 is 4.74 Å². The molecule has 1 aliphatic rings. The Labute approximate surface area is 151 Å². The summed E-state index contributed by atoms with van der Waals surface area (Å²) in [6.45, 7) is 3.12. The number of aryl methyl sites for hydroxylation is 1. The summed E-state index contributed by atoms with van der Waals surface area (Å²) in [7, 11) is 3.74. The van der Waals surface area contributed by atoms with Crippen LogP contribution in [-0.4, -0.2) is 53.9 Å². The third-order valence-corrected chi connectivity index (χ3v) is 5.25. The van der Waals surface area contributed by atoms with Crippen molar-refractivity contribution in [2.45, 2.75) is 12.5 Å². The van der Waals surface area contributed by atoms with E-state index in [9.17, 15) is 0 Å². The molecule has 1 atom stereocenters. The number of aromatic nitrogens is 2. The number of morpholine rings is 1. The molecule has 2 aromatic rings. The number of nitrogens with zero attached hydrogens (tertiary/aromatic N) is 4. The Bertz CT molecular complexity index is 698. The predicted octanol–water partition coefficient (Wildman–Crippen LogP) is 2.33. The molecule has 1 N–H and O–H groups in total. The lowest BCUT2D eigenvalue weighted by Gasteiger charge is -2.34. The number of nitrogens with one attached hydrogen (secondary N) is 1. The molecule has 0 saturated carbocycles. The van der Waals surface area contributed by atoms with Gasteiger partial charge in [0.15, 0.2) is 5.96 Å². The fraction of sp³-hybridized carbons (Fsp3) is 0.500. The largest absolute Gasteiger partial charge is 0.370 e. The van der Waals surface area contributed by atoms with Crippen LogP contribution in [0.2, 0.25) is 4.34 Å².